The Labute approximate surface area is 155 Å². The van der Waals surface area contributed by atoms with Gasteiger partial charge in [0.1, 0.15) is 0 Å². The summed E-state index contributed by atoms with van der Waals surface area (Å²) in [4.78, 5) is 26.9. The van der Waals surface area contributed by atoms with Gasteiger partial charge in [-0.25, -0.2) is 4.98 Å². The highest BCUT2D eigenvalue weighted by Crippen LogP contribution is 2.18. The van der Waals surface area contributed by atoms with E-state index in [9.17, 15) is 14.9 Å². The molecule has 134 valence electrons. The Bertz CT molecular complexity index is 744. The van der Waals surface area contributed by atoms with Crippen molar-refractivity contribution in [1.29, 1.82) is 0 Å². The Morgan fingerprint density at radius 1 is 1.28 bits per heavy atom. The summed E-state index contributed by atoms with van der Waals surface area (Å²) in [7, 11) is 3.45. The number of aryl methyl sites for hydroxylation is 1. The van der Waals surface area contributed by atoms with Gasteiger partial charge >= 0.3 is 0 Å². The SMILES string of the molecule is CC(=O)N(C)C.Cc1cnc(NC(=S)Nc2ccc([N+](=O)[O-])cc2)s1. The Balaban J connectivity index is 0.000000450. The van der Waals surface area contributed by atoms with Crippen LogP contribution in [0.25, 0.3) is 0 Å². The fraction of sp³-hybridized carbons (Fsp3) is 0.267. The molecular weight excluding hydrogens is 362 g/mol. The monoisotopic (exact) mass is 381 g/mol. The molecule has 0 aliphatic heterocycles. The molecule has 1 amide bonds. The molecule has 25 heavy (non-hydrogen) atoms. The number of carbonyl (C=O) groups is 1. The van der Waals surface area contributed by atoms with Crippen LogP contribution >= 0.6 is 23.6 Å². The van der Waals surface area contributed by atoms with Gasteiger partial charge < -0.3 is 15.5 Å². The van der Waals surface area contributed by atoms with Crippen molar-refractivity contribution in [2.45, 2.75) is 13.8 Å². The van der Waals surface area contributed by atoms with E-state index in [0.29, 0.717) is 15.9 Å². The number of nitro benzene ring substituents is 1. The van der Waals surface area contributed by atoms with Gasteiger partial charge in [-0.2, -0.15) is 0 Å². The van der Waals surface area contributed by atoms with E-state index >= 15 is 0 Å². The number of rotatable bonds is 3. The molecule has 1 heterocycles. The largest absolute Gasteiger partial charge is 0.349 e. The summed E-state index contributed by atoms with van der Waals surface area (Å²) < 4.78 is 0. The molecule has 2 aromatic rings. The summed E-state index contributed by atoms with van der Waals surface area (Å²) in [5.41, 5.74) is 0.719. The molecule has 1 aromatic heterocycles. The zero-order chi connectivity index (χ0) is 19.0. The van der Waals surface area contributed by atoms with Gasteiger partial charge in [-0.3, -0.25) is 14.9 Å². The predicted molar refractivity (Wildman–Crippen MR) is 104 cm³/mol. The molecule has 0 aliphatic carbocycles. The van der Waals surface area contributed by atoms with E-state index in [1.807, 2.05) is 6.92 Å². The fourth-order valence-corrected chi connectivity index (χ4v) is 2.29. The molecule has 8 nitrogen and oxygen atoms in total. The van der Waals surface area contributed by atoms with Gasteiger partial charge in [0.2, 0.25) is 5.91 Å². The normalized spacial score (nSPS) is 9.44. The number of hydrogen-bond donors (Lipinski definition) is 2. The number of hydrogen-bond acceptors (Lipinski definition) is 6. The Hall–Kier alpha value is -2.59. The van der Waals surface area contributed by atoms with Gasteiger partial charge in [0, 0.05) is 49.9 Å². The second-order valence-corrected chi connectivity index (χ2v) is 6.72. The standard InChI is InChI=1S/C11H10N4O2S2.C4H9NO/c1-7-6-12-11(19-7)14-10(18)13-8-2-4-9(5-3-8)15(16)17;1-4(6)5(2)3/h2-6H,1H3,(H2,12,13,14,18);1-3H3. The molecule has 2 N–H and O–H groups in total. The van der Waals surface area contributed by atoms with Crippen LogP contribution in [0.4, 0.5) is 16.5 Å². The third-order valence-electron chi connectivity index (χ3n) is 2.81. The lowest BCUT2D eigenvalue weighted by Crippen LogP contribution is -2.18. The summed E-state index contributed by atoms with van der Waals surface area (Å²) in [6, 6.07) is 6.02. The average molecular weight is 381 g/mol. The van der Waals surface area contributed by atoms with E-state index in [2.05, 4.69) is 15.6 Å². The number of benzene rings is 1. The smallest absolute Gasteiger partial charge is 0.269 e. The molecule has 0 spiro atoms. The van der Waals surface area contributed by atoms with Crippen molar-refractivity contribution in [3.63, 3.8) is 0 Å². The number of nitrogens with one attached hydrogen (secondary N) is 2. The van der Waals surface area contributed by atoms with Crippen molar-refractivity contribution in [3.8, 4) is 0 Å². The molecule has 0 unspecified atom stereocenters. The first kappa shape index (κ1) is 20.5. The van der Waals surface area contributed by atoms with Crippen molar-refractivity contribution in [2.75, 3.05) is 24.7 Å². The summed E-state index contributed by atoms with van der Waals surface area (Å²) in [5.74, 6) is 0.0926. The first-order valence-corrected chi connectivity index (χ1v) is 8.34. The Morgan fingerprint density at radius 3 is 2.24 bits per heavy atom. The molecule has 0 radical (unpaired) electrons. The maximum absolute atomic E-state index is 10.5. The van der Waals surface area contributed by atoms with Crippen LogP contribution in [0.3, 0.4) is 0 Å². The van der Waals surface area contributed by atoms with Gasteiger partial charge in [0.05, 0.1) is 4.92 Å². The first-order chi connectivity index (χ1) is 11.7. The number of anilines is 2. The summed E-state index contributed by atoms with van der Waals surface area (Å²) >= 11 is 6.62. The van der Waals surface area contributed by atoms with E-state index in [1.54, 1.807) is 32.4 Å². The second kappa shape index (κ2) is 9.64. The molecule has 0 saturated heterocycles. The minimum atomic E-state index is -0.446. The number of aromatic nitrogens is 1. The van der Waals surface area contributed by atoms with E-state index < -0.39 is 4.92 Å². The zero-order valence-corrected chi connectivity index (χ0v) is 15.9. The zero-order valence-electron chi connectivity index (χ0n) is 14.3. The van der Waals surface area contributed by atoms with Crippen LogP contribution in [0.15, 0.2) is 30.5 Å². The number of nitro groups is 1. The van der Waals surface area contributed by atoms with Gasteiger partial charge in [0.15, 0.2) is 10.2 Å². The van der Waals surface area contributed by atoms with E-state index in [-0.39, 0.29) is 11.6 Å². The van der Waals surface area contributed by atoms with Crippen LogP contribution < -0.4 is 10.6 Å². The minimum Gasteiger partial charge on any atom is -0.349 e. The van der Waals surface area contributed by atoms with E-state index in [4.69, 9.17) is 12.2 Å². The number of carbonyl (C=O) groups excluding carboxylic acids is 1. The Kier molecular flexibility index (Phi) is 7.89. The number of nitrogens with zero attached hydrogens (tertiary/aromatic N) is 3. The highest BCUT2D eigenvalue weighted by Gasteiger charge is 2.05. The number of thiocarbonyl (C=S) groups is 1. The van der Waals surface area contributed by atoms with Crippen molar-refractivity contribution in [1.82, 2.24) is 9.88 Å². The van der Waals surface area contributed by atoms with Gasteiger partial charge in [-0.05, 0) is 31.3 Å². The van der Waals surface area contributed by atoms with Crippen molar-refractivity contribution < 1.29 is 9.72 Å². The van der Waals surface area contributed by atoms with Crippen LogP contribution in [0, 0.1) is 17.0 Å². The van der Waals surface area contributed by atoms with Gasteiger partial charge in [-0.15, -0.1) is 11.3 Å². The van der Waals surface area contributed by atoms with E-state index in [1.165, 1.54) is 35.3 Å². The molecule has 0 fully saturated rings. The summed E-state index contributed by atoms with van der Waals surface area (Å²) in [6.45, 7) is 3.48. The van der Waals surface area contributed by atoms with Crippen molar-refractivity contribution >= 4 is 51.1 Å². The molecule has 2 rings (SSSR count). The molecule has 0 atom stereocenters. The molecule has 0 aliphatic rings. The third-order valence-corrected chi connectivity index (χ3v) is 3.84. The lowest BCUT2D eigenvalue weighted by molar-refractivity contribution is -0.384. The number of thiazole rings is 1. The molecule has 1 aromatic carbocycles. The number of non-ortho nitro benzene ring substituents is 1. The van der Waals surface area contributed by atoms with Crippen LogP contribution in [0.2, 0.25) is 0 Å². The third kappa shape index (κ3) is 7.68. The predicted octanol–water partition coefficient (Wildman–Crippen LogP) is 3.26. The molecule has 0 saturated carbocycles. The quantitative estimate of drug-likeness (QED) is 0.478. The fourth-order valence-electron chi connectivity index (χ4n) is 1.34. The van der Waals surface area contributed by atoms with Crippen LogP contribution in [0.1, 0.15) is 11.8 Å². The Morgan fingerprint density at radius 2 is 1.84 bits per heavy atom. The first-order valence-electron chi connectivity index (χ1n) is 7.12. The lowest BCUT2D eigenvalue weighted by atomic mass is 10.3. The molecule has 0 bridgehead atoms. The van der Waals surface area contributed by atoms with Crippen LogP contribution in [0.5, 0.6) is 0 Å². The minimum absolute atomic E-state index is 0.0416. The second-order valence-electron chi connectivity index (χ2n) is 5.07. The van der Waals surface area contributed by atoms with E-state index in [0.717, 1.165) is 4.88 Å². The van der Waals surface area contributed by atoms with Crippen molar-refractivity contribution in [2.24, 2.45) is 0 Å². The summed E-state index contributed by atoms with van der Waals surface area (Å²) in [5, 5.41) is 17.5. The maximum atomic E-state index is 10.5. The lowest BCUT2D eigenvalue weighted by Gasteiger charge is -2.07. The van der Waals surface area contributed by atoms with Crippen LogP contribution in [-0.2, 0) is 4.79 Å². The van der Waals surface area contributed by atoms with Gasteiger partial charge in [0.25, 0.3) is 5.69 Å². The summed E-state index contributed by atoms with van der Waals surface area (Å²) in [6.07, 6.45) is 1.75. The molecular formula is C15H19N5O3S2. The molecule has 10 heteroatoms. The van der Waals surface area contributed by atoms with Gasteiger partial charge in [-0.1, -0.05) is 0 Å². The van der Waals surface area contributed by atoms with Crippen molar-refractivity contribution in [3.05, 3.63) is 45.5 Å². The maximum Gasteiger partial charge on any atom is 0.269 e. The number of amides is 1. The highest BCUT2D eigenvalue weighted by atomic mass is 32.1. The topological polar surface area (TPSA) is 100 Å². The highest BCUT2D eigenvalue weighted by molar-refractivity contribution is 7.80. The van der Waals surface area contributed by atoms with Crippen LogP contribution in [-0.4, -0.2) is 39.9 Å². The average Bonchev–Trinajstić information content (AvgIpc) is 2.93.